The zero-order chi connectivity index (χ0) is 18.3. The van der Waals surface area contributed by atoms with E-state index in [-0.39, 0.29) is 9.65 Å². The van der Waals surface area contributed by atoms with E-state index in [4.69, 9.17) is 10.3 Å². The largest absolute Gasteiger partial charge is 0.416 e. The van der Waals surface area contributed by atoms with Crippen LogP contribution in [0.3, 0.4) is 0 Å². The van der Waals surface area contributed by atoms with E-state index in [0.717, 1.165) is 18.2 Å². The second-order valence-electron chi connectivity index (χ2n) is 4.62. The third-order valence-electron chi connectivity index (χ3n) is 2.73. The lowest BCUT2D eigenvalue weighted by molar-refractivity contribution is -0.137. The Morgan fingerprint density at radius 1 is 1.12 bits per heavy atom. The lowest BCUT2D eigenvalue weighted by Crippen LogP contribution is -2.25. The van der Waals surface area contributed by atoms with Crippen molar-refractivity contribution in [1.29, 1.82) is 0 Å². The van der Waals surface area contributed by atoms with Crippen molar-refractivity contribution in [3.05, 3.63) is 41.2 Å². The van der Waals surface area contributed by atoms with E-state index in [0.29, 0.717) is 0 Å². The summed E-state index contributed by atoms with van der Waals surface area (Å²) >= 11 is 0. The molecule has 9 nitrogen and oxygen atoms in total. The molecule has 0 saturated carbocycles. The van der Waals surface area contributed by atoms with E-state index in [1.165, 1.54) is 6.07 Å². The molecule has 2 rings (SSSR count). The second-order valence-corrected chi connectivity index (χ2v) is 7.45. The van der Waals surface area contributed by atoms with Crippen LogP contribution >= 0.6 is 0 Å². The lowest BCUT2D eigenvalue weighted by atomic mass is 10.1. The number of hydrogen-bond donors (Lipinski definition) is 2. The van der Waals surface area contributed by atoms with Crippen molar-refractivity contribution in [1.82, 2.24) is 14.2 Å². The summed E-state index contributed by atoms with van der Waals surface area (Å²) in [6.45, 7) is 0. The molecule has 14 heteroatoms. The van der Waals surface area contributed by atoms with Gasteiger partial charge in [-0.25, -0.2) is 18.7 Å². The van der Waals surface area contributed by atoms with Gasteiger partial charge in [0.25, 0.3) is 15.2 Å². The van der Waals surface area contributed by atoms with Crippen LogP contribution in [0.25, 0.3) is 0 Å². The first kappa shape index (κ1) is 18.3. The predicted octanol–water partition coefficient (Wildman–Crippen LogP) is -0.413. The van der Waals surface area contributed by atoms with Gasteiger partial charge in [-0.3, -0.25) is 0 Å². The van der Waals surface area contributed by atoms with Crippen LogP contribution in [-0.2, 0) is 32.8 Å². The first-order chi connectivity index (χ1) is 10.8. The van der Waals surface area contributed by atoms with Crippen molar-refractivity contribution in [3.8, 4) is 0 Å². The molecular formula is C10H10F3N5O4S2. The fourth-order valence-corrected chi connectivity index (χ4v) is 2.85. The van der Waals surface area contributed by atoms with Crippen LogP contribution in [0.4, 0.5) is 13.2 Å². The first-order valence-corrected chi connectivity index (χ1v) is 9.01. The van der Waals surface area contributed by atoms with E-state index in [9.17, 15) is 30.0 Å². The van der Waals surface area contributed by atoms with Crippen molar-refractivity contribution in [2.24, 2.45) is 10.3 Å². The number of hydrogen-bond acceptors (Lipinski definition) is 6. The summed E-state index contributed by atoms with van der Waals surface area (Å²) in [6, 6.07) is 3.97. The molecule has 2 aromatic rings. The van der Waals surface area contributed by atoms with Crippen molar-refractivity contribution >= 4 is 20.2 Å². The Morgan fingerprint density at radius 2 is 1.75 bits per heavy atom. The Bertz CT molecular complexity index is 982. The number of aromatic nitrogens is 3. The molecule has 132 valence electrons. The normalized spacial score (nSPS) is 13.2. The Balaban J connectivity index is 2.52. The number of sulfonamides is 1. The zero-order valence-electron chi connectivity index (χ0n) is 11.6. The molecule has 0 saturated heterocycles. The molecule has 0 aliphatic rings. The van der Waals surface area contributed by atoms with E-state index in [1.54, 1.807) is 0 Å². The fourth-order valence-electron chi connectivity index (χ4n) is 1.78. The highest BCUT2D eigenvalue weighted by Gasteiger charge is 2.31. The Labute approximate surface area is 134 Å². The highest BCUT2D eigenvalue weighted by atomic mass is 32.2. The minimum atomic E-state index is -4.60. The second kappa shape index (κ2) is 5.80. The van der Waals surface area contributed by atoms with Crippen LogP contribution in [0.2, 0.25) is 0 Å². The Hall–Kier alpha value is -2.03. The van der Waals surface area contributed by atoms with Crippen molar-refractivity contribution in [2.45, 2.75) is 17.8 Å². The average molecular weight is 385 g/mol. The van der Waals surface area contributed by atoms with Gasteiger partial charge in [0.05, 0.1) is 5.56 Å². The smallest absolute Gasteiger partial charge is 0.222 e. The van der Waals surface area contributed by atoms with Crippen molar-refractivity contribution in [2.75, 3.05) is 0 Å². The van der Waals surface area contributed by atoms with Crippen LogP contribution in [0.5, 0.6) is 0 Å². The number of rotatable bonds is 4. The summed E-state index contributed by atoms with van der Waals surface area (Å²) in [6.07, 6.45) is -5.07. The van der Waals surface area contributed by atoms with Crippen molar-refractivity contribution in [3.63, 3.8) is 0 Å². The SMILES string of the molecule is NS(=O)(=O)c1nc(Cc2cccc(C(F)(F)F)c2)n(S(N)(=O)=O)n1. The number of nitrogens with two attached hydrogens (primary N) is 2. The molecule has 24 heavy (non-hydrogen) atoms. The van der Waals surface area contributed by atoms with Gasteiger partial charge in [0.2, 0.25) is 0 Å². The van der Waals surface area contributed by atoms with Crippen LogP contribution in [0.1, 0.15) is 17.0 Å². The maximum atomic E-state index is 12.7. The third kappa shape index (κ3) is 4.08. The Morgan fingerprint density at radius 3 is 2.25 bits per heavy atom. The van der Waals surface area contributed by atoms with E-state index < -0.39 is 49.4 Å². The van der Waals surface area contributed by atoms with E-state index >= 15 is 0 Å². The fraction of sp³-hybridized carbons (Fsp3) is 0.200. The summed E-state index contributed by atoms with van der Waals surface area (Å²) in [7, 11) is -8.96. The van der Waals surface area contributed by atoms with Gasteiger partial charge in [-0.1, -0.05) is 18.2 Å². The molecule has 4 N–H and O–H groups in total. The van der Waals surface area contributed by atoms with Crippen LogP contribution in [0.15, 0.2) is 29.4 Å². The van der Waals surface area contributed by atoms with Crippen LogP contribution < -0.4 is 10.3 Å². The van der Waals surface area contributed by atoms with Gasteiger partial charge < -0.3 is 0 Å². The molecule has 0 atom stereocenters. The monoisotopic (exact) mass is 385 g/mol. The van der Waals surface area contributed by atoms with E-state index in [1.807, 2.05) is 0 Å². The summed E-state index contributed by atoms with van der Waals surface area (Å²) in [5.74, 6) is -0.499. The predicted molar refractivity (Wildman–Crippen MR) is 74.2 cm³/mol. The molecule has 0 amide bonds. The summed E-state index contributed by atoms with van der Waals surface area (Å²) in [5, 5.41) is 11.9. The summed E-state index contributed by atoms with van der Waals surface area (Å²) in [5.41, 5.74) is -0.948. The molecule has 0 unspecified atom stereocenters. The highest BCUT2D eigenvalue weighted by molar-refractivity contribution is 7.89. The van der Waals surface area contributed by atoms with Crippen LogP contribution in [-0.4, -0.2) is 31.0 Å². The molecule has 0 bridgehead atoms. The van der Waals surface area contributed by atoms with Gasteiger partial charge in [0.15, 0.2) is 5.82 Å². The minimum absolute atomic E-state index is 0.0168. The molecule has 0 aliphatic carbocycles. The molecular weight excluding hydrogens is 375 g/mol. The standard InChI is InChI=1S/C10H10F3N5O4S2/c11-10(12,13)7-3-1-2-6(4-7)5-8-16-9(23(14,19)20)17-18(8)24(15,21)22/h1-4H,5H2,(H2,14,19,20)(H2,15,21,22). The van der Waals surface area contributed by atoms with Gasteiger partial charge in [-0.15, -0.1) is 9.19 Å². The number of halogens is 3. The molecule has 1 heterocycles. The van der Waals surface area contributed by atoms with Gasteiger partial charge in [0.1, 0.15) is 0 Å². The highest BCUT2D eigenvalue weighted by Crippen LogP contribution is 2.29. The number of primary sulfonamides is 1. The number of benzene rings is 1. The summed E-state index contributed by atoms with van der Waals surface area (Å²) in [4.78, 5) is 3.43. The van der Waals surface area contributed by atoms with Gasteiger partial charge in [-0.05, 0) is 11.6 Å². The number of alkyl halides is 3. The quantitative estimate of drug-likeness (QED) is 0.730. The maximum Gasteiger partial charge on any atom is 0.416 e. The third-order valence-corrected chi connectivity index (χ3v) is 4.19. The van der Waals surface area contributed by atoms with Crippen molar-refractivity contribution < 1.29 is 30.0 Å². The van der Waals surface area contributed by atoms with Gasteiger partial charge >= 0.3 is 16.4 Å². The lowest BCUT2D eigenvalue weighted by Gasteiger charge is -2.08. The minimum Gasteiger partial charge on any atom is -0.222 e. The maximum absolute atomic E-state index is 12.7. The zero-order valence-corrected chi connectivity index (χ0v) is 13.2. The molecule has 0 spiro atoms. The first-order valence-electron chi connectivity index (χ1n) is 5.96. The molecule has 1 aromatic heterocycles. The van der Waals surface area contributed by atoms with E-state index in [2.05, 4.69) is 10.1 Å². The average Bonchev–Trinajstić information content (AvgIpc) is 2.82. The number of nitrogens with zero attached hydrogens (tertiary/aromatic N) is 3. The van der Waals surface area contributed by atoms with Gasteiger partial charge in [-0.2, -0.15) is 26.6 Å². The Kier molecular flexibility index (Phi) is 4.43. The van der Waals surface area contributed by atoms with Gasteiger partial charge in [0, 0.05) is 6.42 Å². The molecule has 0 aliphatic heterocycles. The van der Waals surface area contributed by atoms with Crippen LogP contribution in [0, 0.1) is 0 Å². The molecule has 1 aromatic carbocycles. The summed E-state index contributed by atoms with van der Waals surface area (Å²) < 4.78 is 83.5. The molecule has 0 radical (unpaired) electrons. The molecule has 0 fully saturated rings. The topological polar surface area (TPSA) is 151 Å².